The first-order chi connectivity index (χ1) is 15.5. The monoisotopic (exact) mass is 435 g/mol. The largest absolute Gasteiger partial charge is 0.369 e. The highest BCUT2D eigenvalue weighted by molar-refractivity contribution is 5.74. The van der Waals surface area contributed by atoms with Crippen molar-refractivity contribution in [3.63, 3.8) is 0 Å². The molecule has 0 saturated carbocycles. The number of aromatic amines is 1. The van der Waals surface area contributed by atoms with Gasteiger partial charge >= 0.3 is 0 Å². The molecular weight excluding hydrogens is 401 g/mol. The molecule has 170 valence electrons. The van der Waals surface area contributed by atoms with Gasteiger partial charge in [0.05, 0.1) is 22.9 Å². The van der Waals surface area contributed by atoms with E-state index in [4.69, 9.17) is 4.98 Å². The van der Waals surface area contributed by atoms with Gasteiger partial charge in [0.1, 0.15) is 11.6 Å². The maximum Gasteiger partial charge on any atom is 0.125 e. The van der Waals surface area contributed by atoms with E-state index in [9.17, 15) is 4.39 Å². The summed E-state index contributed by atoms with van der Waals surface area (Å²) in [5, 5.41) is 6.91. The van der Waals surface area contributed by atoms with Crippen molar-refractivity contribution in [3.05, 3.63) is 71.6 Å². The fourth-order valence-electron chi connectivity index (χ4n) is 4.77. The van der Waals surface area contributed by atoms with Crippen LogP contribution in [0.4, 0.5) is 10.1 Å². The lowest BCUT2D eigenvalue weighted by Crippen LogP contribution is -2.43. The number of hydrogen-bond donors (Lipinski definition) is 3. The SMILES string of the molecule is C=C(Nc1cc(F)cc(CC)c1CCC)NC1CCN(C)[C@@H](c2nc3ccccc3[nH]2)C1. The molecule has 2 heterocycles. The first-order valence-electron chi connectivity index (χ1n) is 11.7. The number of aromatic nitrogens is 2. The Bertz CT molecular complexity index is 1060. The third kappa shape index (κ3) is 4.80. The molecule has 5 nitrogen and oxygen atoms in total. The molecule has 4 rings (SSSR count). The smallest absolute Gasteiger partial charge is 0.125 e. The molecule has 0 spiro atoms. The summed E-state index contributed by atoms with van der Waals surface area (Å²) in [5.41, 5.74) is 5.13. The third-order valence-corrected chi connectivity index (χ3v) is 6.45. The van der Waals surface area contributed by atoms with E-state index < -0.39 is 0 Å². The van der Waals surface area contributed by atoms with Crippen LogP contribution >= 0.6 is 0 Å². The van der Waals surface area contributed by atoms with Crippen molar-refractivity contribution in [1.29, 1.82) is 0 Å². The van der Waals surface area contributed by atoms with E-state index >= 15 is 0 Å². The maximum atomic E-state index is 14.2. The van der Waals surface area contributed by atoms with Gasteiger partial charge in [-0.05, 0) is 68.1 Å². The number of imidazole rings is 1. The molecule has 0 bridgehead atoms. The zero-order chi connectivity index (χ0) is 22.7. The van der Waals surface area contributed by atoms with Crippen LogP contribution in [0.2, 0.25) is 0 Å². The lowest BCUT2D eigenvalue weighted by atomic mass is 9.97. The average Bonchev–Trinajstić information content (AvgIpc) is 3.20. The first-order valence-corrected chi connectivity index (χ1v) is 11.7. The van der Waals surface area contributed by atoms with Crippen molar-refractivity contribution >= 4 is 16.7 Å². The number of nitrogens with zero attached hydrogens (tertiary/aromatic N) is 2. The van der Waals surface area contributed by atoms with Crippen LogP contribution in [-0.4, -0.2) is 34.5 Å². The van der Waals surface area contributed by atoms with Crippen LogP contribution in [0.1, 0.15) is 56.1 Å². The van der Waals surface area contributed by atoms with Crippen molar-refractivity contribution in [2.75, 3.05) is 18.9 Å². The molecule has 1 aliphatic rings. The lowest BCUT2D eigenvalue weighted by molar-refractivity contribution is 0.155. The molecule has 0 radical (unpaired) electrons. The number of fused-ring (bicyclic) bond motifs is 1. The molecule has 0 amide bonds. The topological polar surface area (TPSA) is 56.0 Å². The number of aryl methyl sites for hydroxylation is 1. The molecule has 1 fully saturated rings. The highest BCUT2D eigenvalue weighted by Gasteiger charge is 2.29. The molecule has 6 heteroatoms. The van der Waals surface area contributed by atoms with E-state index in [1.807, 2.05) is 18.2 Å². The minimum absolute atomic E-state index is 0.206. The number of rotatable bonds is 8. The van der Waals surface area contributed by atoms with Crippen LogP contribution in [0.15, 0.2) is 48.8 Å². The summed E-state index contributed by atoms with van der Waals surface area (Å²) < 4.78 is 14.2. The maximum absolute atomic E-state index is 14.2. The van der Waals surface area contributed by atoms with Gasteiger partial charge in [0, 0.05) is 18.3 Å². The van der Waals surface area contributed by atoms with E-state index in [2.05, 4.69) is 54.1 Å². The van der Waals surface area contributed by atoms with Crippen molar-refractivity contribution < 1.29 is 4.39 Å². The standard InChI is InChI=1S/C26H34FN5/c1-5-9-21-18(6-2)14-19(27)15-24(21)29-17(3)28-20-12-13-32(4)25(16-20)26-30-22-10-7-8-11-23(22)31-26/h7-8,10-11,14-15,20,25,28-29H,3,5-6,9,12-13,16H2,1-2,4H3,(H,30,31)/t20?,25-/m1/s1. The van der Waals surface area contributed by atoms with Crippen LogP contribution in [0, 0.1) is 5.82 Å². The van der Waals surface area contributed by atoms with Gasteiger partial charge in [0.2, 0.25) is 0 Å². The number of para-hydroxylation sites is 2. The first kappa shape index (κ1) is 22.3. The minimum atomic E-state index is -0.207. The number of benzene rings is 2. The molecule has 1 aromatic heterocycles. The third-order valence-electron chi connectivity index (χ3n) is 6.45. The zero-order valence-electron chi connectivity index (χ0n) is 19.3. The normalized spacial score (nSPS) is 19.2. The molecular formula is C26H34FN5. The summed E-state index contributed by atoms with van der Waals surface area (Å²) in [6.45, 7) is 9.39. The van der Waals surface area contributed by atoms with Crippen molar-refractivity contribution in [2.24, 2.45) is 0 Å². The molecule has 3 aromatic rings. The highest BCUT2D eigenvalue weighted by atomic mass is 19.1. The van der Waals surface area contributed by atoms with Crippen molar-refractivity contribution in [3.8, 4) is 0 Å². The fourth-order valence-corrected chi connectivity index (χ4v) is 4.77. The summed E-state index contributed by atoms with van der Waals surface area (Å²) in [5.74, 6) is 1.51. The molecule has 2 atom stereocenters. The molecule has 1 aliphatic heterocycles. The number of hydrogen-bond acceptors (Lipinski definition) is 4. The number of piperidine rings is 1. The van der Waals surface area contributed by atoms with Gasteiger partial charge in [-0.1, -0.05) is 39.0 Å². The number of anilines is 1. The Morgan fingerprint density at radius 3 is 2.84 bits per heavy atom. The van der Waals surface area contributed by atoms with Crippen LogP contribution in [0.5, 0.6) is 0 Å². The molecule has 3 N–H and O–H groups in total. The molecule has 1 unspecified atom stereocenters. The van der Waals surface area contributed by atoms with Gasteiger partial charge in [-0.25, -0.2) is 9.37 Å². The van der Waals surface area contributed by atoms with E-state index in [0.717, 1.165) is 66.8 Å². The summed E-state index contributed by atoms with van der Waals surface area (Å²) in [6.07, 6.45) is 4.68. The predicted octanol–water partition coefficient (Wildman–Crippen LogP) is 5.53. The average molecular weight is 436 g/mol. The summed E-state index contributed by atoms with van der Waals surface area (Å²) in [6, 6.07) is 11.9. The fraction of sp³-hybridized carbons (Fsp3) is 0.423. The Hall–Kier alpha value is -2.86. The Labute approximate surface area is 190 Å². The second-order valence-electron chi connectivity index (χ2n) is 8.80. The second kappa shape index (κ2) is 9.74. The van der Waals surface area contributed by atoms with Gasteiger partial charge in [-0.3, -0.25) is 4.90 Å². The van der Waals surface area contributed by atoms with Gasteiger partial charge in [0.15, 0.2) is 0 Å². The molecule has 1 saturated heterocycles. The Morgan fingerprint density at radius 2 is 2.09 bits per heavy atom. The van der Waals surface area contributed by atoms with Gasteiger partial charge in [-0.2, -0.15) is 0 Å². The van der Waals surface area contributed by atoms with E-state index in [1.165, 1.54) is 5.56 Å². The molecule has 0 aliphatic carbocycles. The van der Waals surface area contributed by atoms with Crippen molar-refractivity contribution in [1.82, 2.24) is 20.2 Å². The summed E-state index contributed by atoms with van der Waals surface area (Å²) in [4.78, 5) is 10.7. The summed E-state index contributed by atoms with van der Waals surface area (Å²) in [7, 11) is 2.15. The predicted molar refractivity (Wildman–Crippen MR) is 130 cm³/mol. The van der Waals surface area contributed by atoms with Crippen LogP contribution in [0.25, 0.3) is 11.0 Å². The Morgan fingerprint density at radius 1 is 1.28 bits per heavy atom. The number of nitrogens with one attached hydrogen (secondary N) is 3. The van der Waals surface area contributed by atoms with Crippen molar-refractivity contribution in [2.45, 2.75) is 58.0 Å². The van der Waals surface area contributed by atoms with Gasteiger partial charge < -0.3 is 15.6 Å². The Kier molecular flexibility index (Phi) is 6.80. The number of H-pyrrole nitrogens is 1. The number of halogens is 1. The van der Waals surface area contributed by atoms with Gasteiger partial charge in [0.25, 0.3) is 0 Å². The van der Waals surface area contributed by atoms with Crippen LogP contribution in [-0.2, 0) is 12.8 Å². The van der Waals surface area contributed by atoms with Crippen LogP contribution < -0.4 is 10.6 Å². The van der Waals surface area contributed by atoms with Crippen LogP contribution in [0.3, 0.4) is 0 Å². The number of likely N-dealkylation sites (tertiary alicyclic amines) is 1. The highest BCUT2D eigenvalue weighted by Crippen LogP contribution is 2.30. The minimum Gasteiger partial charge on any atom is -0.369 e. The van der Waals surface area contributed by atoms with E-state index in [1.54, 1.807) is 12.1 Å². The zero-order valence-corrected chi connectivity index (χ0v) is 19.3. The second-order valence-corrected chi connectivity index (χ2v) is 8.80. The lowest BCUT2D eigenvalue weighted by Gasteiger charge is -2.37. The van der Waals surface area contributed by atoms with E-state index in [0.29, 0.717) is 5.82 Å². The summed E-state index contributed by atoms with van der Waals surface area (Å²) >= 11 is 0. The Balaban J connectivity index is 1.46. The molecule has 2 aromatic carbocycles. The quantitative estimate of drug-likeness (QED) is 0.436. The van der Waals surface area contributed by atoms with Gasteiger partial charge in [-0.15, -0.1) is 0 Å². The van der Waals surface area contributed by atoms with E-state index in [-0.39, 0.29) is 17.9 Å². The molecule has 32 heavy (non-hydrogen) atoms.